The predicted octanol–water partition coefficient (Wildman–Crippen LogP) is 2.05. The Balaban J connectivity index is 1.96. The first-order valence-corrected chi connectivity index (χ1v) is 6.11. The molecule has 0 amide bonds. The van der Waals surface area contributed by atoms with Gasteiger partial charge in [0.2, 0.25) is 0 Å². The molecule has 5 heteroatoms. The third kappa shape index (κ3) is 2.61. The number of ether oxygens (including phenoxy) is 2. The van der Waals surface area contributed by atoms with Crippen LogP contribution in [0.5, 0.6) is 0 Å². The molecule has 0 saturated carbocycles. The smallest absolute Gasteiger partial charge is 0.318 e. The summed E-state index contributed by atoms with van der Waals surface area (Å²) in [6, 6.07) is 7.80. The number of carbonyl (C=O) groups is 1. The second kappa shape index (κ2) is 5.06. The highest BCUT2D eigenvalue weighted by molar-refractivity contribution is 9.10. The number of halogens is 1. The summed E-state index contributed by atoms with van der Waals surface area (Å²) in [7, 11) is 1.40. The quantitative estimate of drug-likeness (QED) is 0.865. The molecule has 4 nitrogen and oxygen atoms in total. The van der Waals surface area contributed by atoms with Crippen molar-refractivity contribution in [3.63, 3.8) is 0 Å². The van der Waals surface area contributed by atoms with E-state index in [1.165, 1.54) is 7.11 Å². The van der Waals surface area contributed by atoms with Gasteiger partial charge in [0.05, 0.1) is 20.3 Å². The van der Waals surface area contributed by atoms with Gasteiger partial charge in [0.1, 0.15) is 5.41 Å². The Labute approximate surface area is 108 Å². The molecule has 1 aliphatic heterocycles. The molecule has 1 heterocycles. The summed E-state index contributed by atoms with van der Waals surface area (Å²) in [6.07, 6.45) is 0. The standard InChI is InChI=1S/C12H14BrNO3/c1-16-11(15)12(7-17-8-12)6-14-10-4-2-9(13)3-5-10/h2-5,14H,6-8H2,1H3. The van der Waals surface area contributed by atoms with Crippen LogP contribution in [-0.2, 0) is 14.3 Å². The molecule has 1 saturated heterocycles. The minimum atomic E-state index is -0.526. The van der Waals surface area contributed by atoms with Crippen molar-refractivity contribution in [3.8, 4) is 0 Å². The number of methoxy groups -OCH3 is 1. The average Bonchev–Trinajstić information content (AvgIpc) is 2.29. The molecule has 0 aromatic heterocycles. The summed E-state index contributed by atoms with van der Waals surface area (Å²) in [4.78, 5) is 11.6. The van der Waals surface area contributed by atoms with Crippen LogP contribution in [0.25, 0.3) is 0 Å². The highest BCUT2D eigenvalue weighted by atomic mass is 79.9. The van der Waals surface area contributed by atoms with Crippen LogP contribution in [0, 0.1) is 5.41 Å². The first-order chi connectivity index (χ1) is 8.16. The van der Waals surface area contributed by atoms with Gasteiger partial charge in [-0.2, -0.15) is 0 Å². The third-order valence-electron chi connectivity index (χ3n) is 2.85. The van der Waals surface area contributed by atoms with Gasteiger partial charge in [0.25, 0.3) is 0 Å². The van der Waals surface area contributed by atoms with Crippen molar-refractivity contribution in [2.24, 2.45) is 5.41 Å². The monoisotopic (exact) mass is 299 g/mol. The molecule has 1 fully saturated rings. The summed E-state index contributed by atoms with van der Waals surface area (Å²) >= 11 is 3.37. The van der Waals surface area contributed by atoms with Gasteiger partial charge in [-0.25, -0.2) is 0 Å². The van der Waals surface area contributed by atoms with Crippen molar-refractivity contribution in [1.82, 2.24) is 0 Å². The van der Waals surface area contributed by atoms with Crippen molar-refractivity contribution in [1.29, 1.82) is 0 Å². The van der Waals surface area contributed by atoms with Crippen LogP contribution in [0.3, 0.4) is 0 Å². The summed E-state index contributed by atoms with van der Waals surface area (Å²) in [5, 5.41) is 3.23. The second-order valence-corrected chi connectivity index (χ2v) is 5.04. The zero-order chi connectivity index (χ0) is 12.3. The van der Waals surface area contributed by atoms with Crippen molar-refractivity contribution < 1.29 is 14.3 Å². The molecule has 0 atom stereocenters. The molecule has 92 valence electrons. The van der Waals surface area contributed by atoms with Crippen molar-refractivity contribution in [2.45, 2.75) is 0 Å². The number of esters is 1. The van der Waals surface area contributed by atoms with Crippen molar-refractivity contribution >= 4 is 27.6 Å². The van der Waals surface area contributed by atoms with E-state index in [1.807, 2.05) is 24.3 Å². The van der Waals surface area contributed by atoms with Gasteiger partial charge in [0.15, 0.2) is 0 Å². The predicted molar refractivity (Wildman–Crippen MR) is 67.9 cm³/mol. The van der Waals surface area contributed by atoms with E-state index < -0.39 is 5.41 Å². The Bertz CT molecular complexity index is 401. The van der Waals surface area contributed by atoms with Crippen LogP contribution in [0.1, 0.15) is 0 Å². The number of benzene rings is 1. The normalized spacial score (nSPS) is 17.1. The maximum atomic E-state index is 11.6. The zero-order valence-corrected chi connectivity index (χ0v) is 11.1. The molecule has 0 unspecified atom stereocenters. The highest BCUT2D eigenvalue weighted by Gasteiger charge is 2.47. The molecule has 1 N–H and O–H groups in total. The first kappa shape index (κ1) is 12.4. The molecule has 1 aromatic rings. The van der Waals surface area contributed by atoms with E-state index in [2.05, 4.69) is 21.2 Å². The van der Waals surface area contributed by atoms with E-state index in [9.17, 15) is 4.79 Å². The Morgan fingerprint density at radius 1 is 1.47 bits per heavy atom. The van der Waals surface area contributed by atoms with E-state index in [-0.39, 0.29) is 5.97 Å². The van der Waals surface area contributed by atoms with Crippen LogP contribution >= 0.6 is 15.9 Å². The fourth-order valence-electron chi connectivity index (χ4n) is 1.70. The lowest BCUT2D eigenvalue weighted by Crippen LogP contribution is -2.54. The largest absolute Gasteiger partial charge is 0.468 e. The summed E-state index contributed by atoms with van der Waals surface area (Å²) in [5.41, 5.74) is 0.449. The Morgan fingerprint density at radius 2 is 2.12 bits per heavy atom. The summed E-state index contributed by atoms with van der Waals surface area (Å²) < 4.78 is 10.9. The van der Waals surface area contributed by atoms with Gasteiger partial charge in [-0.3, -0.25) is 4.79 Å². The highest BCUT2D eigenvalue weighted by Crippen LogP contribution is 2.29. The maximum Gasteiger partial charge on any atom is 0.318 e. The topological polar surface area (TPSA) is 47.6 Å². The number of nitrogens with one attached hydrogen (secondary N) is 1. The van der Waals surface area contributed by atoms with Gasteiger partial charge in [-0.1, -0.05) is 15.9 Å². The molecular formula is C12H14BrNO3. The van der Waals surface area contributed by atoms with E-state index >= 15 is 0 Å². The lowest BCUT2D eigenvalue weighted by atomic mass is 9.86. The Hall–Kier alpha value is -1.07. The van der Waals surface area contributed by atoms with Gasteiger partial charge < -0.3 is 14.8 Å². The number of hydrogen-bond acceptors (Lipinski definition) is 4. The fraction of sp³-hybridized carbons (Fsp3) is 0.417. The van der Waals surface area contributed by atoms with Gasteiger partial charge in [-0.15, -0.1) is 0 Å². The van der Waals surface area contributed by atoms with Crippen molar-refractivity contribution in [2.75, 3.05) is 32.2 Å². The van der Waals surface area contributed by atoms with Gasteiger partial charge in [0, 0.05) is 16.7 Å². The second-order valence-electron chi connectivity index (χ2n) is 4.13. The first-order valence-electron chi connectivity index (χ1n) is 5.32. The number of anilines is 1. The third-order valence-corrected chi connectivity index (χ3v) is 3.38. The number of hydrogen-bond donors (Lipinski definition) is 1. The molecule has 0 aliphatic carbocycles. The van der Waals surface area contributed by atoms with Crippen LogP contribution in [-0.4, -0.2) is 32.8 Å². The van der Waals surface area contributed by atoms with Gasteiger partial charge in [-0.05, 0) is 24.3 Å². The molecule has 17 heavy (non-hydrogen) atoms. The van der Waals surface area contributed by atoms with Crippen LogP contribution < -0.4 is 5.32 Å². The summed E-state index contributed by atoms with van der Waals surface area (Å²) in [5.74, 6) is -0.214. The summed E-state index contributed by atoms with van der Waals surface area (Å²) in [6.45, 7) is 1.37. The molecule has 0 spiro atoms. The van der Waals surface area contributed by atoms with E-state index in [0.717, 1.165) is 10.2 Å². The number of carbonyl (C=O) groups excluding carboxylic acids is 1. The lowest BCUT2D eigenvalue weighted by Gasteiger charge is -2.38. The maximum absolute atomic E-state index is 11.6. The Morgan fingerprint density at radius 3 is 2.59 bits per heavy atom. The van der Waals surface area contributed by atoms with Crippen molar-refractivity contribution in [3.05, 3.63) is 28.7 Å². The van der Waals surface area contributed by atoms with Crippen LogP contribution in [0.4, 0.5) is 5.69 Å². The van der Waals surface area contributed by atoms with Crippen LogP contribution in [0.15, 0.2) is 28.7 Å². The van der Waals surface area contributed by atoms with Crippen LogP contribution in [0.2, 0.25) is 0 Å². The zero-order valence-electron chi connectivity index (χ0n) is 9.53. The molecular weight excluding hydrogens is 286 g/mol. The molecule has 1 aliphatic rings. The van der Waals surface area contributed by atoms with Gasteiger partial charge >= 0.3 is 5.97 Å². The lowest BCUT2D eigenvalue weighted by molar-refractivity contribution is -0.180. The molecule has 1 aromatic carbocycles. The minimum absolute atomic E-state index is 0.214. The van der Waals surface area contributed by atoms with E-state index in [1.54, 1.807) is 0 Å². The van der Waals surface area contributed by atoms with E-state index in [0.29, 0.717) is 19.8 Å². The minimum Gasteiger partial charge on any atom is -0.468 e. The molecule has 2 rings (SSSR count). The molecule has 0 bridgehead atoms. The average molecular weight is 300 g/mol. The Kier molecular flexibility index (Phi) is 3.69. The van der Waals surface area contributed by atoms with E-state index in [4.69, 9.17) is 9.47 Å². The molecule has 0 radical (unpaired) electrons. The SMILES string of the molecule is COC(=O)C1(CNc2ccc(Br)cc2)COC1. The number of rotatable bonds is 4. The fourth-order valence-corrected chi connectivity index (χ4v) is 1.96.